The normalized spacial score (nSPS) is 9.50. The van der Waals surface area contributed by atoms with Crippen molar-refractivity contribution in [2.24, 2.45) is 0 Å². The summed E-state index contributed by atoms with van der Waals surface area (Å²) in [6, 6.07) is 3.39. The molecule has 0 aromatic carbocycles. The second kappa shape index (κ2) is 4.21. The molecule has 0 bridgehead atoms. The van der Waals surface area contributed by atoms with Crippen LogP contribution in [0.1, 0.15) is 0 Å². The van der Waals surface area contributed by atoms with Gasteiger partial charge in [0.25, 0.3) is 0 Å². The average molecular weight is 235 g/mol. The maximum Gasteiger partial charge on any atom is 0.429 e. The van der Waals surface area contributed by atoms with Crippen LogP contribution in [-0.4, -0.2) is 25.6 Å². The van der Waals surface area contributed by atoms with Crippen molar-refractivity contribution in [1.29, 1.82) is 0 Å². The highest BCUT2D eigenvalue weighted by Crippen LogP contribution is 2.04. The number of nitrogens with zero attached hydrogens (tertiary/aromatic N) is 4. The van der Waals surface area contributed by atoms with Crippen LogP contribution in [0.3, 0.4) is 0 Å². The Morgan fingerprint density at radius 3 is 3.07 bits per heavy atom. The van der Waals surface area contributed by atoms with Gasteiger partial charge in [-0.05, 0) is 22.2 Å². The lowest BCUT2D eigenvalue weighted by Crippen LogP contribution is -2.15. The van der Waals surface area contributed by atoms with Gasteiger partial charge in [0.2, 0.25) is 5.65 Å². The number of rotatable bonds is 1. The molecule has 0 spiro atoms. The van der Waals surface area contributed by atoms with E-state index in [1.165, 1.54) is 6.20 Å². The molecule has 0 aliphatic heterocycles. The number of pyridine rings is 1. The molecule has 0 amide bonds. The molecule has 0 saturated heterocycles. The zero-order valence-corrected chi connectivity index (χ0v) is 8.20. The Bertz CT molecular complexity index is 458. The minimum atomic E-state index is -0.988. The molecule has 14 heavy (non-hydrogen) atoms. The summed E-state index contributed by atoms with van der Waals surface area (Å²) in [6.45, 7) is 0. The van der Waals surface area contributed by atoms with Crippen molar-refractivity contribution in [3.05, 3.63) is 18.3 Å². The molecule has 2 rings (SSSR count). The van der Waals surface area contributed by atoms with Crippen LogP contribution < -0.4 is 4.84 Å². The predicted octanol–water partition coefficient (Wildman–Crippen LogP) is 1.04. The molecule has 0 aliphatic carbocycles. The highest BCUT2D eigenvalue weighted by Gasteiger charge is 2.07. The first-order valence-electron chi connectivity index (χ1n) is 3.31. The Balaban J connectivity index is 0.000000980. The highest BCUT2D eigenvalue weighted by molar-refractivity contribution is 6.61. The number of hydrogen-bond acceptors (Lipinski definition) is 5. The number of aromatic nitrogens is 4. The van der Waals surface area contributed by atoms with Gasteiger partial charge in [0.15, 0.2) is 0 Å². The number of fused-ring (bicyclic) bond motifs is 1. The van der Waals surface area contributed by atoms with Gasteiger partial charge in [-0.3, -0.25) is 4.84 Å². The van der Waals surface area contributed by atoms with E-state index in [0.29, 0.717) is 11.2 Å². The topological polar surface area (TPSA) is 69.9 Å². The van der Waals surface area contributed by atoms with Crippen molar-refractivity contribution >= 4 is 40.6 Å². The lowest BCUT2D eigenvalue weighted by molar-refractivity contribution is 0.143. The average Bonchev–Trinajstić information content (AvgIpc) is 2.48. The minimum Gasteiger partial charge on any atom is -0.300 e. The van der Waals surface area contributed by atoms with Gasteiger partial charge in [-0.15, -0.1) is 17.5 Å². The fourth-order valence-corrected chi connectivity index (χ4v) is 0.940. The van der Waals surface area contributed by atoms with E-state index in [4.69, 9.17) is 11.6 Å². The molecule has 2 heterocycles. The Hall–Kier alpha value is -1.40. The van der Waals surface area contributed by atoms with Crippen LogP contribution in [0.4, 0.5) is 4.79 Å². The van der Waals surface area contributed by atoms with Gasteiger partial charge in [0, 0.05) is 17.8 Å². The van der Waals surface area contributed by atoms with Gasteiger partial charge in [-0.1, -0.05) is 0 Å². The van der Waals surface area contributed by atoms with Gasteiger partial charge < -0.3 is 0 Å². The van der Waals surface area contributed by atoms with Crippen LogP contribution in [0.5, 0.6) is 0 Å². The molecule has 0 unspecified atom stereocenters. The Morgan fingerprint density at radius 1 is 1.57 bits per heavy atom. The highest BCUT2D eigenvalue weighted by atomic mass is 35.5. The van der Waals surface area contributed by atoms with Gasteiger partial charge in [-0.2, -0.15) is 0 Å². The van der Waals surface area contributed by atoms with Crippen molar-refractivity contribution in [3.63, 3.8) is 0 Å². The standard InChI is InChI=1S/C6H3ClN4O2.ClH/c7-6(12)13-11-5-4(9-10-11)2-1-3-8-5;/h1-3H;1H. The smallest absolute Gasteiger partial charge is 0.300 e. The molecule has 6 nitrogen and oxygen atoms in total. The second-order valence-corrected chi connectivity index (χ2v) is 2.45. The Morgan fingerprint density at radius 2 is 2.36 bits per heavy atom. The third-order valence-electron chi connectivity index (χ3n) is 1.34. The third-order valence-corrected chi connectivity index (χ3v) is 1.41. The molecule has 0 fully saturated rings. The van der Waals surface area contributed by atoms with Crippen LogP contribution in [0.2, 0.25) is 0 Å². The number of hydrogen-bond donors (Lipinski definition) is 0. The van der Waals surface area contributed by atoms with E-state index < -0.39 is 5.43 Å². The van der Waals surface area contributed by atoms with Gasteiger partial charge in [-0.25, -0.2) is 9.78 Å². The Kier molecular flexibility index (Phi) is 3.21. The molecule has 8 heteroatoms. The molecule has 2 aromatic rings. The molecule has 0 radical (unpaired) electrons. The number of halogens is 2. The van der Waals surface area contributed by atoms with Crippen molar-refractivity contribution in [2.75, 3.05) is 0 Å². The maximum atomic E-state index is 10.4. The van der Waals surface area contributed by atoms with E-state index in [1.54, 1.807) is 12.1 Å². The SMILES string of the molecule is Cl.O=C(Cl)On1nnc2cccnc21. The van der Waals surface area contributed by atoms with Crippen LogP contribution in [-0.2, 0) is 0 Å². The second-order valence-electron chi connectivity index (χ2n) is 2.14. The van der Waals surface area contributed by atoms with Gasteiger partial charge in [0.1, 0.15) is 5.52 Å². The predicted molar refractivity (Wildman–Crippen MR) is 50.4 cm³/mol. The monoisotopic (exact) mass is 234 g/mol. The fourth-order valence-electron chi connectivity index (χ4n) is 0.875. The zero-order chi connectivity index (χ0) is 9.26. The van der Waals surface area contributed by atoms with Crippen LogP contribution in [0.25, 0.3) is 11.2 Å². The fraction of sp³-hybridized carbons (Fsp3) is 0. The van der Waals surface area contributed by atoms with E-state index in [9.17, 15) is 4.79 Å². The van der Waals surface area contributed by atoms with Crippen LogP contribution in [0.15, 0.2) is 18.3 Å². The van der Waals surface area contributed by atoms with E-state index >= 15 is 0 Å². The minimum absolute atomic E-state index is 0. The molecule has 74 valence electrons. The van der Waals surface area contributed by atoms with Gasteiger partial charge in [0.05, 0.1) is 0 Å². The number of carbonyl (C=O) groups is 1. The lowest BCUT2D eigenvalue weighted by Gasteiger charge is -1.95. The maximum absolute atomic E-state index is 10.4. The molecule has 2 aromatic heterocycles. The van der Waals surface area contributed by atoms with Crippen LogP contribution >= 0.6 is 24.0 Å². The summed E-state index contributed by atoms with van der Waals surface area (Å²) in [6.07, 6.45) is 1.53. The third kappa shape index (κ3) is 1.91. The molecule has 0 aliphatic rings. The van der Waals surface area contributed by atoms with E-state index in [2.05, 4.69) is 20.1 Å². The van der Waals surface area contributed by atoms with Crippen LogP contribution in [0, 0.1) is 0 Å². The Labute approximate surface area is 89.2 Å². The zero-order valence-electron chi connectivity index (χ0n) is 6.62. The van der Waals surface area contributed by atoms with Gasteiger partial charge >= 0.3 is 5.43 Å². The molecular formula is C6H4Cl2N4O2. The first-order valence-corrected chi connectivity index (χ1v) is 3.69. The molecule has 0 atom stereocenters. The molecular weight excluding hydrogens is 231 g/mol. The first kappa shape index (κ1) is 10.7. The quantitative estimate of drug-likeness (QED) is 0.545. The molecule has 0 N–H and O–H groups in total. The summed E-state index contributed by atoms with van der Waals surface area (Å²) < 4.78 is 0. The lowest BCUT2D eigenvalue weighted by atomic mass is 10.4. The largest absolute Gasteiger partial charge is 0.429 e. The van der Waals surface area contributed by atoms with Crippen molar-refractivity contribution in [1.82, 2.24) is 20.1 Å². The molecule has 0 saturated carbocycles. The van der Waals surface area contributed by atoms with E-state index in [-0.39, 0.29) is 12.4 Å². The summed E-state index contributed by atoms with van der Waals surface area (Å²) in [7, 11) is 0. The summed E-state index contributed by atoms with van der Waals surface area (Å²) in [4.78, 5) is 19.6. The summed E-state index contributed by atoms with van der Waals surface area (Å²) in [5.41, 5.74) is -0.116. The van der Waals surface area contributed by atoms with Crippen molar-refractivity contribution in [3.8, 4) is 0 Å². The number of carbonyl (C=O) groups excluding carboxylic acids is 1. The van der Waals surface area contributed by atoms with Crippen molar-refractivity contribution in [2.45, 2.75) is 0 Å². The summed E-state index contributed by atoms with van der Waals surface area (Å²) in [5, 5.41) is 7.20. The summed E-state index contributed by atoms with van der Waals surface area (Å²) >= 11 is 4.99. The van der Waals surface area contributed by atoms with E-state index in [1.807, 2.05) is 0 Å². The van der Waals surface area contributed by atoms with Crippen molar-refractivity contribution < 1.29 is 9.63 Å². The first-order chi connectivity index (χ1) is 6.27. The summed E-state index contributed by atoms with van der Waals surface area (Å²) in [5.74, 6) is 0. The van der Waals surface area contributed by atoms with E-state index in [0.717, 1.165) is 4.85 Å².